The third-order valence-electron chi connectivity index (χ3n) is 6.42. The van der Waals surface area contributed by atoms with Gasteiger partial charge in [0.05, 0.1) is 32.4 Å². The van der Waals surface area contributed by atoms with Gasteiger partial charge in [-0.3, -0.25) is 4.79 Å². The predicted molar refractivity (Wildman–Crippen MR) is 153 cm³/mol. The van der Waals surface area contributed by atoms with E-state index in [1.165, 1.54) is 0 Å². The summed E-state index contributed by atoms with van der Waals surface area (Å²) in [5.41, 5.74) is 3.01. The fraction of sp³-hybridized carbons (Fsp3) is 0.355. The van der Waals surface area contributed by atoms with Gasteiger partial charge in [0.1, 0.15) is 12.4 Å². The molecule has 0 unspecified atom stereocenters. The van der Waals surface area contributed by atoms with E-state index in [0.29, 0.717) is 61.3 Å². The molecule has 1 saturated heterocycles. The number of anilines is 1. The van der Waals surface area contributed by atoms with E-state index < -0.39 is 0 Å². The van der Waals surface area contributed by atoms with Crippen molar-refractivity contribution in [3.63, 3.8) is 0 Å². The van der Waals surface area contributed by atoms with E-state index in [9.17, 15) is 9.59 Å². The first kappa shape index (κ1) is 28.6. The van der Waals surface area contributed by atoms with Crippen LogP contribution in [0.3, 0.4) is 0 Å². The SMILES string of the molecule is COc1ccc(CNC(=O)c2cc(OCc3ccccc3)ccc2NC2CN(C(=O)OCC(C)C)C2)cc1OC. The number of rotatable bonds is 12. The fourth-order valence-corrected chi connectivity index (χ4v) is 4.20. The zero-order chi connectivity index (χ0) is 28.5. The maximum atomic E-state index is 13.4. The number of nitrogens with one attached hydrogen (secondary N) is 2. The van der Waals surface area contributed by atoms with Crippen LogP contribution in [0.15, 0.2) is 66.7 Å². The van der Waals surface area contributed by atoms with Gasteiger partial charge >= 0.3 is 6.09 Å². The van der Waals surface area contributed by atoms with E-state index >= 15 is 0 Å². The fourth-order valence-electron chi connectivity index (χ4n) is 4.20. The molecule has 1 aliphatic heterocycles. The number of methoxy groups -OCH3 is 2. The lowest BCUT2D eigenvalue weighted by Crippen LogP contribution is -2.57. The molecule has 0 bridgehead atoms. The summed E-state index contributed by atoms with van der Waals surface area (Å²) in [5.74, 6) is 1.82. The van der Waals surface area contributed by atoms with E-state index in [-0.39, 0.29) is 24.0 Å². The molecule has 0 saturated carbocycles. The van der Waals surface area contributed by atoms with Crippen LogP contribution >= 0.6 is 0 Å². The van der Waals surface area contributed by atoms with Crippen molar-refractivity contribution in [3.8, 4) is 17.2 Å². The molecule has 9 nitrogen and oxygen atoms in total. The Labute approximate surface area is 235 Å². The molecule has 0 spiro atoms. The number of benzene rings is 3. The molecule has 3 aromatic rings. The van der Waals surface area contributed by atoms with Crippen molar-refractivity contribution in [3.05, 3.63) is 83.4 Å². The molecule has 3 aromatic carbocycles. The van der Waals surface area contributed by atoms with Gasteiger partial charge in [-0.2, -0.15) is 0 Å². The van der Waals surface area contributed by atoms with E-state index in [0.717, 1.165) is 11.1 Å². The summed E-state index contributed by atoms with van der Waals surface area (Å²) >= 11 is 0. The first-order valence-electron chi connectivity index (χ1n) is 13.3. The number of hydrogen-bond acceptors (Lipinski definition) is 7. The monoisotopic (exact) mass is 547 g/mol. The second kappa shape index (κ2) is 13.6. The van der Waals surface area contributed by atoms with Crippen LogP contribution in [0.4, 0.5) is 10.5 Å². The van der Waals surface area contributed by atoms with Crippen molar-refractivity contribution >= 4 is 17.7 Å². The molecule has 0 aromatic heterocycles. The molecular formula is C31H37N3O6. The van der Waals surface area contributed by atoms with Gasteiger partial charge in [-0.05, 0) is 47.4 Å². The quantitative estimate of drug-likeness (QED) is 0.326. The van der Waals surface area contributed by atoms with E-state index in [2.05, 4.69) is 10.6 Å². The van der Waals surface area contributed by atoms with Crippen LogP contribution in [0.25, 0.3) is 0 Å². The van der Waals surface area contributed by atoms with E-state index in [1.54, 1.807) is 31.3 Å². The Kier molecular flexibility index (Phi) is 9.72. The van der Waals surface area contributed by atoms with Gasteiger partial charge in [-0.1, -0.05) is 50.2 Å². The second-order valence-corrected chi connectivity index (χ2v) is 10.1. The predicted octanol–water partition coefficient (Wildman–Crippen LogP) is 5.10. The summed E-state index contributed by atoms with van der Waals surface area (Å²) < 4.78 is 22.0. The first-order valence-corrected chi connectivity index (χ1v) is 13.3. The van der Waals surface area contributed by atoms with Crippen LogP contribution in [0.1, 0.15) is 35.3 Å². The van der Waals surface area contributed by atoms with Gasteiger partial charge in [-0.25, -0.2) is 4.79 Å². The topological polar surface area (TPSA) is 98.4 Å². The lowest BCUT2D eigenvalue weighted by Gasteiger charge is -2.39. The lowest BCUT2D eigenvalue weighted by atomic mass is 10.1. The Hall–Kier alpha value is -4.40. The summed E-state index contributed by atoms with van der Waals surface area (Å²) in [6, 6.07) is 20.8. The third-order valence-corrected chi connectivity index (χ3v) is 6.42. The first-order chi connectivity index (χ1) is 19.4. The molecule has 212 valence electrons. The maximum absolute atomic E-state index is 13.4. The summed E-state index contributed by atoms with van der Waals surface area (Å²) in [6.07, 6.45) is -0.315. The number of nitrogens with zero attached hydrogens (tertiary/aromatic N) is 1. The van der Waals surface area contributed by atoms with Crippen LogP contribution in [0, 0.1) is 5.92 Å². The van der Waals surface area contributed by atoms with Gasteiger partial charge < -0.3 is 34.5 Å². The van der Waals surface area contributed by atoms with E-state index in [4.69, 9.17) is 18.9 Å². The zero-order valence-corrected chi connectivity index (χ0v) is 23.4. The summed E-state index contributed by atoms with van der Waals surface area (Å²) in [5, 5.41) is 6.40. The van der Waals surface area contributed by atoms with Gasteiger partial charge in [0.15, 0.2) is 11.5 Å². The lowest BCUT2D eigenvalue weighted by molar-refractivity contribution is 0.0676. The molecule has 40 heavy (non-hydrogen) atoms. The number of hydrogen-bond donors (Lipinski definition) is 2. The minimum Gasteiger partial charge on any atom is -0.493 e. The standard InChI is InChI=1S/C31H37N3O6/c1-21(2)19-40-31(36)34-17-24(18-34)33-27-12-11-25(39-20-22-8-6-5-7-9-22)15-26(27)30(35)32-16-23-10-13-28(37-3)29(14-23)38-4/h5-15,21,24,33H,16-20H2,1-4H3,(H,32,35). The zero-order valence-electron chi connectivity index (χ0n) is 23.4. The van der Waals surface area contributed by atoms with Crippen LogP contribution in [-0.4, -0.2) is 56.9 Å². The highest BCUT2D eigenvalue weighted by molar-refractivity contribution is 6.00. The van der Waals surface area contributed by atoms with Gasteiger partial charge in [0.2, 0.25) is 0 Å². The normalized spacial score (nSPS) is 12.9. The molecule has 2 N–H and O–H groups in total. The smallest absolute Gasteiger partial charge is 0.409 e. The molecule has 1 aliphatic rings. The Balaban J connectivity index is 1.44. The molecule has 2 amide bonds. The molecule has 0 aliphatic carbocycles. The Bertz CT molecular complexity index is 1290. The van der Waals surface area contributed by atoms with Crippen molar-refractivity contribution in [1.29, 1.82) is 0 Å². The Morgan fingerprint density at radius 2 is 1.68 bits per heavy atom. The van der Waals surface area contributed by atoms with Crippen molar-refractivity contribution in [2.75, 3.05) is 39.2 Å². The van der Waals surface area contributed by atoms with Crippen molar-refractivity contribution in [1.82, 2.24) is 10.2 Å². The summed E-state index contributed by atoms with van der Waals surface area (Å²) in [6.45, 7) is 6.06. The van der Waals surface area contributed by atoms with Crippen molar-refractivity contribution in [2.24, 2.45) is 5.92 Å². The van der Waals surface area contributed by atoms with E-state index in [1.807, 2.05) is 68.4 Å². The van der Waals surface area contributed by atoms with Crippen LogP contribution in [-0.2, 0) is 17.9 Å². The molecule has 9 heteroatoms. The second-order valence-electron chi connectivity index (χ2n) is 10.1. The van der Waals surface area contributed by atoms with Gasteiger partial charge in [0.25, 0.3) is 5.91 Å². The Morgan fingerprint density at radius 3 is 2.38 bits per heavy atom. The van der Waals surface area contributed by atoms with Crippen LogP contribution < -0.4 is 24.8 Å². The molecule has 0 radical (unpaired) electrons. The molecule has 0 atom stereocenters. The molecule has 1 heterocycles. The highest BCUT2D eigenvalue weighted by Crippen LogP contribution is 2.28. The number of ether oxygens (including phenoxy) is 4. The molecule has 1 fully saturated rings. The van der Waals surface area contributed by atoms with Crippen LogP contribution in [0.2, 0.25) is 0 Å². The average Bonchev–Trinajstić information content (AvgIpc) is 2.95. The van der Waals surface area contributed by atoms with Gasteiger partial charge in [0, 0.05) is 25.3 Å². The highest BCUT2D eigenvalue weighted by Gasteiger charge is 2.32. The van der Waals surface area contributed by atoms with Crippen molar-refractivity contribution < 1.29 is 28.5 Å². The molecule has 4 rings (SSSR count). The van der Waals surface area contributed by atoms with Crippen molar-refractivity contribution in [2.45, 2.75) is 33.0 Å². The molecular weight excluding hydrogens is 510 g/mol. The highest BCUT2D eigenvalue weighted by atomic mass is 16.6. The summed E-state index contributed by atoms with van der Waals surface area (Å²) in [7, 11) is 3.15. The minimum absolute atomic E-state index is 0.0000801. The minimum atomic E-state index is -0.315. The number of likely N-dealkylation sites (tertiary alicyclic amines) is 1. The Morgan fingerprint density at radius 1 is 0.925 bits per heavy atom. The number of carbonyl (C=O) groups excluding carboxylic acids is 2. The average molecular weight is 548 g/mol. The summed E-state index contributed by atoms with van der Waals surface area (Å²) in [4.78, 5) is 27.3. The maximum Gasteiger partial charge on any atom is 0.409 e. The van der Waals surface area contributed by atoms with Crippen LogP contribution in [0.5, 0.6) is 17.2 Å². The van der Waals surface area contributed by atoms with Gasteiger partial charge in [-0.15, -0.1) is 0 Å². The number of carbonyl (C=O) groups is 2. The largest absolute Gasteiger partial charge is 0.493 e. The number of amides is 2. The third kappa shape index (κ3) is 7.59.